The molecule has 0 heterocycles. The second-order valence-corrected chi connectivity index (χ2v) is 18.5. The Bertz CT molecular complexity index is 1810. The van der Waals surface area contributed by atoms with E-state index in [1.807, 2.05) is 23.5 Å². The Morgan fingerprint density at radius 1 is 0.415 bits per heavy atom. The monoisotopic (exact) mass is 734 g/mol. The zero-order valence-corrected chi connectivity index (χ0v) is 32.8. The van der Waals surface area contributed by atoms with Crippen molar-refractivity contribution in [2.24, 2.45) is 0 Å². The van der Waals surface area contributed by atoms with Crippen LogP contribution in [0.5, 0.6) is 0 Å². The minimum atomic E-state index is -0.472. The fraction of sp³-hybridized carbons (Fsp3) is 0.229. The number of nitrogens with one attached hydrogen (secondary N) is 2. The summed E-state index contributed by atoms with van der Waals surface area (Å²) < 4.78 is -1.47. The molecular weight excluding hydrogens is 685 g/mol. The van der Waals surface area contributed by atoms with E-state index in [2.05, 4.69) is 220 Å². The molecule has 0 aliphatic rings. The van der Waals surface area contributed by atoms with Gasteiger partial charge in [-0.15, -0.1) is 23.5 Å². The van der Waals surface area contributed by atoms with Gasteiger partial charge in [0.15, 0.2) is 0 Å². The van der Waals surface area contributed by atoms with E-state index in [0.717, 1.165) is 0 Å². The predicted octanol–water partition coefficient (Wildman–Crippen LogP) is 10.7. The van der Waals surface area contributed by atoms with Crippen LogP contribution in [0.4, 0.5) is 0 Å². The van der Waals surface area contributed by atoms with Crippen LogP contribution in [-0.4, -0.2) is 35.0 Å². The summed E-state index contributed by atoms with van der Waals surface area (Å²) in [5.41, 5.74) is 7.31. The molecule has 0 unspecified atom stereocenters. The summed E-state index contributed by atoms with van der Waals surface area (Å²) >= 11 is 3.81. The summed E-state index contributed by atoms with van der Waals surface area (Å²) in [7, 11) is 0. The highest BCUT2D eigenvalue weighted by Gasteiger charge is 2.43. The minimum absolute atomic E-state index is 0.00958. The summed E-state index contributed by atoms with van der Waals surface area (Å²) in [6, 6.07) is 64.5. The van der Waals surface area contributed by atoms with E-state index in [4.69, 9.17) is 0 Å². The Hall–Kier alpha value is -4.55. The molecule has 5 heteroatoms. The molecule has 53 heavy (non-hydrogen) atoms. The lowest BCUT2D eigenvalue weighted by molar-refractivity contribution is -0.120. The van der Waals surface area contributed by atoms with E-state index in [0.29, 0.717) is 13.1 Å². The summed E-state index contributed by atoms with van der Waals surface area (Å²) in [6.45, 7) is 10.4. The lowest BCUT2D eigenvalue weighted by Crippen LogP contribution is -2.45. The van der Waals surface area contributed by atoms with Gasteiger partial charge >= 0.3 is 0 Å². The van der Waals surface area contributed by atoms with Crippen LogP contribution in [0.1, 0.15) is 61.1 Å². The first kappa shape index (κ1) is 38.2. The molecule has 0 saturated carbocycles. The molecule has 2 N–H and O–H groups in total. The van der Waals surface area contributed by atoms with Gasteiger partial charge in [0.1, 0.15) is 0 Å². The molecule has 0 spiro atoms. The highest BCUT2D eigenvalue weighted by molar-refractivity contribution is 8.02. The summed E-state index contributed by atoms with van der Waals surface area (Å²) in [5, 5.41) is 6.81. The van der Waals surface area contributed by atoms with E-state index in [-0.39, 0.29) is 21.9 Å². The maximum atomic E-state index is 13.5. The van der Waals surface area contributed by atoms with Crippen molar-refractivity contribution in [3.63, 3.8) is 0 Å². The van der Waals surface area contributed by atoms with Crippen LogP contribution in [0.2, 0.25) is 0 Å². The Labute approximate surface area is 325 Å². The number of amides is 1. The SMILES string of the molecule is CC(C)(CNCC(=O)NCC(C)(C)SC(c1ccccc1)(c1ccccc1)c1ccccc1)SC(c1ccccc1)(c1ccccc1)c1ccccc1. The van der Waals surface area contributed by atoms with Gasteiger partial charge in [0.05, 0.1) is 16.0 Å². The Morgan fingerprint density at radius 3 is 0.925 bits per heavy atom. The number of hydrogen-bond donors (Lipinski definition) is 2. The normalized spacial score (nSPS) is 12.3. The number of hydrogen-bond acceptors (Lipinski definition) is 4. The van der Waals surface area contributed by atoms with Crippen molar-refractivity contribution >= 4 is 29.4 Å². The van der Waals surface area contributed by atoms with E-state index < -0.39 is 9.49 Å². The second kappa shape index (κ2) is 17.1. The second-order valence-electron chi connectivity index (χ2n) is 14.7. The molecule has 1 amide bonds. The largest absolute Gasteiger partial charge is 0.354 e. The molecule has 0 aliphatic carbocycles. The van der Waals surface area contributed by atoms with Crippen molar-refractivity contribution in [1.29, 1.82) is 0 Å². The summed E-state index contributed by atoms with van der Waals surface area (Å²) in [5.74, 6) is -0.00958. The van der Waals surface area contributed by atoms with Crippen LogP contribution < -0.4 is 10.6 Å². The highest BCUT2D eigenvalue weighted by Crippen LogP contribution is 2.54. The molecule has 3 nitrogen and oxygen atoms in total. The lowest BCUT2D eigenvalue weighted by Gasteiger charge is -2.42. The third-order valence-electron chi connectivity index (χ3n) is 9.49. The minimum Gasteiger partial charge on any atom is -0.354 e. The standard InChI is InChI=1S/C48H50N2OS2/c1-45(2,52-47(38-23-11-5-12-24-38,39-25-13-6-14-26-39)40-27-15-7-16-28-40)36-49-35-44(51)50-37-46(3,4)53-48(41-29-17-8-18-30-41,42-31-19-9-20-32-42)43-33-21-10-22-34-43/h5-34,49H,35-37H2,1-4H3,(H,50,51). The topological polar surface area (TPSA) is 41.1 Å². The van der Waals surface area contributed by atoms with Crippen molar-refractivity contribution < 1.29 is 4.79 Å². The summed E-state index contributed by atoms with van der Waals surface area (Å²) in [6.07, 6.45) is 0. The van der Waals surface area contributed by atoms with Gasteiger partial charge in [-0.2, -0.15) is 0 Å². The van der Waals surface area contributed by atoms with Crippen LogP contribution in [0.25, 0.3) is 0 Å². The van der Waals surface area contributed by atoms with Gasteiger partial charge in [0.25, 0.3) is 0 Å². The van der Waals surface area contributed by atoms with Crippen LogP contribution in [0, 0.1) is 0 Å². The average Bonchev–Trinajstić information content (AvgIpc) is 3.20. The predicted molar refractivity (Wildman–Crippen MR) is 228 cm³/mol. The first-order chi connectivity index (χ1) is 25.6. The van der Waals surface area contributed by atoms with Gasteiger partial charge in [-0.05, 0) is 61.1 Å². The highest BCUT2D eigenvalue weighted by atomic mass is 32.2. The maximum Gasteiger partial charge on any atom is 0.234 e. The molecule has 0 radical (unpaired) electrons. The molecule has 270 valence electrons. The van der Waals surface area contributed by atoms with E-state index >= 15 is 0 Å². The number of carbonyl (C=O) groups is 1. The third-order valence-corrected chi connectivity index (χ3v) is 12.9. The fourth-order valence-electron chi connectivity index (χ4n) is 7.14. The smallest absolute Gasteiger partial charge is 0.234 e. The third kappa shape index (κ3) is 8.98. The van der Waals surface area contributed by atoms with Gasteiger partial charge in [-0.1, -0.05) is 182 Å². The number of carbonyl (C=O) groups excluding carboxylic acids is 1. The van der Waals surface area contributed by atoms with E-state index in [1.54, 1.807) is 0 Å². The van der Waals surface area contributed by atoms with Gasteiger partial charge in [-0.25, -0.2) is 0 Å². The Balaban J connectivity index is 1.17. The molecule has 0 aromatic heterocycles. The molecule has 0 atom stereocenters. The molecule has 0 fully saturated rings. The molecule has 0 saturated heterocycles. The van der Waals surface area contributed by atoms with Crippen LogP contribution in [0.3, 0.4) is 0 Å². The van der Waals surface area contributed by atoms with Gasteiger partial charge in [0.2, 0.25) is 5.91 Å². The molecule has 0 aliphatic heterocycles. The van der Waals surface area contributed by atoms with Gasteiger partial charge in [-0.3, -0.25) is 4.79 Å². The molecular formula is C48H50N2OS2. The van der Waals surface area contributed by atoms with Crippen molar-refractivity contribution in [3.8, 4) is 0 Å². The van der Waals surface area contributed by atoms with Crippen LogP contribution in [-0.2, 0) is 14.3 Å². The zero-order valence-electron chi connectivity index (χ0n) is 31.2. The number of rotatable bonds is 16. The van der Waals surface area contributed by atoms with Crippen molar-refractivity contribution in [2.45, 2.75) is 46.7 Å². The quantitative estimate of drug-likeness (QED) is 0.0972. The first-order valence-corrected chi connectivity index (χ1v) is 20.0. The maximum absolute atomic E-state index is 13.5. The molecule has 6 aromatic rings. The van der Waals surface area contributed by atoms with Crippen LogP contribution in [0.15, 0.2) is 182 Å². The van der Waals surface area contributed by atoms with E-state index in [9.17, 15) is 4.79 Å². The van der Waals surface area contributed by atoms with Crippen LogP contribution >= 0.6 is 23.5 Å². The Kier molecular flexibility index (Phi) is 12.3. The van der Waals surface area contributed by atoms with Crippen molar-refractivity contribution in [3.05, 3.63) is 215 Å². The molecule has 0 bridgehead atoms. The Morgan fingerprint density at radius 2 is 0.660 bits per heavy atom. The van der Waals surface area contributed by atoms with Crippen molar-refractivity contribution in [1.82, 2.24) is 10.6 Å². The van der Waals surface area contributed by atoms with E-state index in [1.165, 1.54) is 33.4 Å². The van der Waals surface area contributed by atoms with Crippen molar-refractivity contribution in [2.75, 3.05) is 19.6 Å². The van der Waals surface area contributed by atoms with Gasteiger partial charge < -0.3 is 10.6 Å². The molecule has 6 aromatic carbocycles. The summed E-state index contributed by atoms with van der Waals surface area (Å²) in [4.78, 5) is 13.5. The number of thioether (sulfide) groups is 2. The first-order valence-electron chi connectivity index (χ1n) is 18.4. The lowest BCUT2D eigenvalue weighted by atomic mass is 9.84. The molecule has 6 rings (SSSR count). The number of benzene rings is 6. The zero-order chi connectivity index (χ0) is 37.2. The average molecular weight is 735 g/mol. The fourth-order valence-corrected chi connectivity index (χ4v) is 10.6. The van der Waals surface area contributed by atoms with Gasteiger partial charge in [0, 0.05) is 22.6 Å².